The minimum atomic E-state index is 0.169. The van der Waals surface area contributed by atoms with Gasteiger partial charge in [0.25, 0.3) is 0 Å². The van der Waals surface area contributed by atoms with Crippen LogP contribution in [0.5, 0.6) is 17.2 Å². The molecule has 23 heavy (non-hydrogen) atoms. The first-order chi connectivity index (χ1) is 11.1. The summed E-state index contributed by atoms with van der Waals surface area (Å²) >= 11 is 1.62. The molecule has 2 N–H and O–H groups in total. The van der Waals surface area contributed by atoms with Gasteiger partial charge in [-0.15, -0.1) is 0 Å². The third kappa shape index (κ3) is 3.20. The second-order valence-corrected chi connectivity index (χ2v) is 5.90. The molecule has 1 unspecified atom stereocenters. The van der Waals surface area contributed by atoms with E-state index >= 15 is 0 Å². The highest BCUT2D eigenvalue weighted by Crippen LogP contribution is 2.46. The summed E-state index contributed by atoms with van der Waals surface area (Å²) in [5, 5.41) is 7.23. The van der Waals surface area contributed by atoms with Gasteiger partial charge in [-0.05, 0) is 26.1 Å². The molecule has 126 valence electrons. The van der Waals surface area contributed by atoms with Crippen LogP contribution in [0.2, 0.25) is 0 Å². The van der Waals surface area contributed by atoms with Gasteiger partial charge in [0.05, 0.1) is 31.9 Å². The van der Waals surface area contributed by atoms with E-state index in [0.29, 0.717) is 17.2 Å². The molecule has 7 heteroatoms. The van der Waals surface area contributed by atoms with Gasteiger partial charge in [-0.3, -0.25) is 0 Å². The zero-order valence-electron chi connectivity index (χ0n) is 14.3. The number of hydrogen-bond acceptors (Lipinski definition) is 7. The largest absolute Gasteiger partial charge is 0.493 e. The zero-order valence-corrected chi connectivity index (χ0v) is 15.1. The van der Waals surface area contributed by atoms with E-state index in [9.17, 15) is 0 Å². The lowest BCUT2D eigenvalue weighted by Gasteiger charge is -2.16. The van der Waals surface area contributed by atoms with E-state index in [1.807, 2.05) is 26.2 Å². The molecule has 0 saturated heterocycles. The van der Waals surface area contributed by atoms with Crippen LogP contribution in [0.4, 0.5) is 5.13 Å². The molecule has 1 aromatic heterocycles. The molecular weight excluding hydrogens is 314 g/mol. The van der Waals surface area contributed by atoms with Gasteiger partial charge in [0.2, 0.25) is 5.75 Å². The van der Waals surface area contributed by atoms with Crippen LogP contribution in [0.15, 0.2) is 12.1 Å². The predicted molar refractivity (Wildman–Crippen MR) is 94.2 cm³/mol. The van der Waals surface area contributed by atoms with Crippen LogP contribution in [0.1, 0.15) is 17.8 Å². The molecule has 2 rings (SSSR count). The molecule has 1 heterocycles. The summed E-state index contributed by atoms with van der Waals surface area (Å²) in [6, 6.07) is 3.98. The number of nitrogens with zero attached hydrogens (tertiary/aromatic N) is 1. The van der Waals surface area contributed by atoms with Crippen molar-refractivity contribution in [1.29, 1.82) is 0 Å². The Kier molecular flexibility index (Phi) is 5.68. The molecule has 0 fully saturated rings. The van der Waals surface area contributed by atoms with Crippen molar-refractivity contribution >= 4 is 16.5 Å². The smallest absolute Gasteiger partial charge is 0.203 e. The van der Waals surface area contributed by atoms with Crippen molar-refractivity contribution in [1.82, 2.24) is 10.3 Å². The minimum Gasteiger partial charge on any atom is -0.493 e. The van der Waals surface area contributed by atoms with Crippen LogP contribution in [0.25, 0.3) is 11.3 Å². The molecule has 0 aliphatic carbocycles. The summed E-state index contributed by atoms with van der Waals surface area (Å²) in [5.41, 5.74) is 1.75. The van der Waals surface area contributed by atoms with Crippen molar-refractivity contribution in [3.63, 3.8) is 0 Å². The second kappa shape index (κ2) is 7.52. The highest BCUT2D eigenvalue weighted by molar-refractivity contribution is 7.16. The minimum absolute atomic E-state index is 0.169. The van der Waals surface area contributed by atoms with Crippen molar-refractivity contribution < 1.29 is 14.2 Å². The van der Waals surface area contributed by atoms with Crippen LogP contribution in [0.3, 0.4) is 0 Å². The van der Waals surface area contributed by atoms with Crippen LogP contribution in [0, 0.1) is 0 Å². The normalized spacial score (nSPS) is 11.9. The molecule has 0 saturated carbocycles. The number of methoxy groups -OCH3 is 3. The lowest BCUT2D eigenvalue weighted by Crippen LogP contribution is -2.12. The van der Waals surface area contributed by atoms with Gasteiger partial charge in [-0.2, -0.15) is 0 Å². The molecule has 0 amide bonds. The number of nitrogens with one attached hydrogen (secondary N) is 2. The molecule has 0 aliphatic heterocycles. The van der Waals surface area contributed by atoms with Gasteiger partial charge in [-0.1, -0.05) is 11.3 Å². The fourth-order valence-corrected chi connectivity index (χ4v) is 3.34. The maximum absolute atomic E-state index is 5.59. The Balaban J connectivity index is 2.68. The fraction of sp³-hybridized carbons (Fsp3) is 0.438. The Bertz CT molecular complexity index is 673. The van der Waals surface area contributed by atoms with Crippen molar-refractivity contribution in [2.45, 2.75) is 13.0 Å². The zero-order chi connectivity index (χ0) is 17.0. The quantitative estimate of drug-likeness (QED) is 0.809. The summed E-state index contributed by atoms with van der Waals surface area (Å²) in [7, 11) is 8.61. The van der Waals surface area contributed by atoms with Crippen LogP contribution in [-0.4, -0.2) is 40.4 Å². The lowest BCUT2D eigenvalue weighted by atomic mass is 10.1. The molecule has 6 nitrogen and oxygen atoms in total. The SMILES string of the molecule is CNc1nc(-c2ccc(OC)c(OC)c2OC)c(C(C)NC)s1. The monoisotopic (exact) mass is 337 g/mol. The van der Waals surface area contributed by atoms with Gasteiger partial charge in [0.15, 0.2) is 16.6 Å². The lowest BCUT2D eigenvalue weighted by molar-refractivity contribution is 0.325. The molecule has 2 aromatic rings. The van der Waals surface area contributed by atoms with Crippen LogP contribution >= 0.6 is 11.3 Å². The Labute approximate surface area is 140 Å². The van der Waals surface area contributed by atoms with Crippen molar-refractivity contribution in [3.05, 3.63) is 17.0 Å². The van der Waals surface area contributed by atoms with Gasteiger partial charge in [-0.25, -0.2) is 4.98 Å². The molecule has 0 spiro atoms. The number of rotatable bonds is 7. The first kappa shape index (κ1) is 17.4. The molecule has 0 aliphatic rings. The number of hydrogen-bond donors (Lipinski definition) is 2. The summed E-state index contributed by atoms with van der Waals surface area (Å²) in [5.74, 6) is 1.80. The standard InChI is InChI=1S/C16H23N3O3S/c1-9(17-2)15-12(19-16(18-3)23-15)10-7-8-11(20-4)14(22-6)13(10)21-5/h7-9,17H,1-6H3,(H,18,19). The molecule has 0 bridgehead atoms. The highest BCUT2D eigenvalue weighted by atomic mass is 32.1. The Morgan fingerprint density at radius 2 is 1.74 bits per heavy atom. The second-order valence-electron chi connectivity index (χ2n) is 4.87. The van der Waals surface area contributed by atoms with Crippen molar-refractivity contribution in [2.75, 3.05) is 40.7 Å². The topological polar surface area (TPSA) is 64.6 Å². The molecule has 1 atom stereocenters. The van der Waals surface area contributed by atoms with Gasteiger partial charge >= 0.3 is 0 Å². The van der Waals surface area contributed by atoms with E-state index in [-0.39, 0.29) is 6.04 Å². The predicted octanol–water partition coefficient (Wildman–Crippen LogP) is 3.16. The number of ether oxygens (including phenoxy) is 3. The Hall–Kier alpha value is -1.99. The summed E-state index contributed by atoms with van der Waals surface area (Å²) in [6.07, 6.45) is 0. The third-order valence-electron chi connectivity index (χ3n) is 3.65. The number of benzene rings is 1. The highest BCUT2D eigenvalue weighted by Gasteiger charge is 2.23. The molecule has 1 aromatic carbocycles. The van der Waals surface area contributed by atoms with Crippen molar-refractivity contribution in [3.8, 4) is 28.5 Å². The summed E-state index contributed by atoms with van der Waals surface area (Å²) in [6.45, 7) is 2.10. The van der Waals surface area contributed by atoms with E-state index in [4.69, 9.17) is 19.2 Å². The van der Waals surface area contributed by atoms with Crippen LogP contribution in [-0.2, 0) is 0 Å². The fourth-order valence-electron chi connectivity index (χ4n) is 2.34. The van der Waals surface area contributed by atoms with E-state index in [2.05, 4.69) is 17.6 Å². The molecule has 0 radical (unpaired) electrons. The van der Waals surface area contributed by atoms with E-state index < -0.39 is 0 Å². The van der Waals surface area contributed by atoms with Crippen LogP contribution < -0.4 is 24.8 Å². The Morgan fingerprint density at radius 3 is 2.26 bits per heavy atom. The third-order valence-corrected chi connectivity index (χ3v) is 4.91. The summed E-state index contributed by atoms with van der Waals surface area (Å²) < 4.78 is 16.4. The first-order valence-corrected chi connectivity index (χ1v) is 8.07. The van der Waals surface area contributed by atoms with E-state index in [0.717, 1.165) is 21.3 Å². The number of aromatic nitrogens is 1. The summed E-state index contributed by atoms with van der Waals surface area (Å²) in [4.78, 5) is 5.83. The average molecular weight is 337 g/mol. The number of anilines is 1. The van der Waals surface area contributed by atoms with Gasteiger partial charge in [0, 0.05) is 18.7 Å². The van der Waals surface area contributed by atoms with Crippen molar-refractivity contribution in [2.24, 2.45) is 0 Å². The average Bonchev–Trinajstić information content (AvgIpc) is 3.03. The maximum atomic E-state index is 5.59. The van der Waals surface area contributed by atoms with Gasteiger partial charge in [0.1, 0.15) is 0 Å². The number of thiazole rings is 1. The maximum Gasteiger partial charge on any atom is 0.203 e. The Morgan fingerprint density at radius 1 is 1.04 bits per heavy atom. The first-order valence-electron chi connectivity index (χ1n) is 7.26. The van der Waals surface area contributed by atoms with E-state index in [1.165, 1.54) is 0 Å². The van der Waals surface area contributed by atoms with E-state index in [1.54, 1.807) is 32.7 Å². The molecular formula is C16H23N3O3S. The van der Waals surface area contributed by atoms with Gasteiger partial charge < -0.3 is 24.8 Å².